The van der Waals surface area contributed by atoms with Crippen LogP contribution in [-0.4, -0.2) is 37.0 Å². The number of nitrogens with zero attached hydrogens (tertiary/aromatic N) is 4. The molecule has 0 saturated carbocycles. The van der Waals surface area contributed by atoms with Gasteiger partial charge in [0, 0.05) is 61.8 Å². The van der Waals surface area contributed by atoms with Crippen LogP contribution < -0.4 is 9.80 Å². The number of hydrogen-bond acceptors (Lipinski definition) is 6. The molecule has 8 heteroatoms. The molecule has 0 N–H and O–H groups in total. The zero-order valence-corrected chi connectivity index (χ0v) is 15.3. The Kier molecular flexibility index (Phi) is 5.76. The van der Waals surface area contributed by atoms with Crippen LogP contribution in [0.25, 0.3) is 0 Å². The van der Waals surface area contributed by atoms with Crippen molar-refractivity contribution in [2.45, 2.75) is 13.8 Å². The summed E-state index contributed by atoms with van der Waals surface area (Å²) >= 11 is 0. The minimum absolute atomic E-state index is 0.112. The van der Waals surface area contributed by atoms with E-state index in [1.807, 2.05) is 23.9 Å². The van der Waals surface area contributed by atoms with Crippen LogP contribution in [0.2, 0.25) is 0 Å². The fourth-order valence-corrected chi connectivity index (χ4v) is 2.72. The van der Waals surface area contributed by atoms with E-state index >= 15 is 0 Å². The molecule has 0 aliphatic rings. The zero-order valence-electron chi connectivity index (χ0n) is 15.3. The van der Waals surface area contributed by atoms with Gasteiger partial charge in [-0.15, -0.1) is 0 Å². The lowest BCUT2D eigenvalue weighted by molar-refractivity contribution is -0.385. The third-order valence-corrected chi connectivity index (χ3v) is 4.41. The maximum absolute atomic E-state index is 10.9. The molecule has 138 valence electrons. The predicted octanol–water partition coefficient (Wildman–Crippen LogP) is 3.69. The van der Waals surface area contributed by atoms with Crippen LogP contribution in [0.4, 0.5) is 22.7 Å². The van der Waals surface area contributed by atoms with E-state index in [1.165, 1.54) is 12.1 Å². The number of rotatable bonds is 7. The summed E-state index contributed by atoms with van der Waals surface area (Å²) in [5, 5.41) is 21.8. The third kappa shape index (κ3) is 4.27. The summed E-state index contributed by atoms with van der Waals surface area (Å²) in [6.07, 6.45) is 0. The fraction of sp³-hybridized carbons (Fsp3) is 0.333. The third-order valence-electron chi connectivity index (χ3n) is 4.41. The molecule has 0 aliphatic heterocycles. The molecule has 26 heavy (non-hydrogen) atoms. The largest absolute Gasteiger partial charge is 0.373 e. The topological polar surface area (TPSA) is 92.8 Å². The number of hydrogen-bond donors (Lipinski definition) is 0. The molecule has 0 atom stereocenters. The summed E-state index contributed by atoms with van der Waals surface area (Å²) < 4.78 is 0. The average molecular weight is 358 g/mol. The molecule has 8 nitrogen and oxygen atoms in total. The Morgan fingerprint density at radius 1 is 0.769 bits per heavy atom. The summed E-state index contributed by atoms with van der Waals surface area (Å²) in [6, 6.07) is 10.1. The summed E-state index contributed by atoms with van der Waals surface area (Å²) in [5.74, 6) is 0. The van der Waals surface area contributed by atoms with Crippen molar-refractivity contribution in [3.05, 3.63) is 67.8 Å². The van der Waals surface area contributed by atoms with E-state index in [0.29, 0.717) is 24.2 Å². The van der Waals surface area contributed by atoms with E-state index in [2.05, 4.69) is 0 Å². The highest BCUT2D eigenvalue weighted by atomic mass is 16.6. The van der Waals surface area contributed by atoms with Gasteiger partial charge in [-0.2, -0.15) is 0 Å². The second-order valence-corrected chi connectivity index (χ2v) is 6.30. The molecule has 0 aromatic heterocycles. The summed E-state index contributed by atoms with van der Waals surface area (Å²) in [4.78, 5) is 25.1. The van der Waals surface area contributed by atoms with Crippen LogP contribution in [0, 0.1) is 34.1 Å². The summed E-state index contributed by atoms with van der Waals surface area (Å²) in [6.45, 7) is 4.84. The van der Waals surface area contributed by atoms with Gasteiger partial charge in [0.15, 0.2) is 0 Å². The van der Waals surface area contributed by atoms with Crippen LogP contribution in [0.5, 0.6) is 0 Å². The van der Waals surface area contributed by atoms with Gasteiger partial charge in [0.2, 0.25) is 0 Å². The van der Waals surface area contributed by atoms with E-state index in [-0.39, 0.29) is 21.2 Å². The fourth-order valence-electron chi connectivity index (χ4n) is 2.72. The highest BCUT2D eigenvalue weighted by molar-refractivity contribution is 5.56. The molecule has 0 aliphatic carbocycles. The summed E-state index contributed by atoms with van der Waals surface area (Å²) in [7, 11) is 3.85. The number of benzene rings is 2. The van der Waals surface area contributed by atoms with E-state index in [0.717, 1.165) is 11.4 Å². The van der Waals surface area contributed by atoms with Gasteiger partial charge in [-0.1, -0.05) is 0 Å². The number of nitro benzene ring substituents is 2. The van der Waals surface area contributed by atoms with Gasteiger partial charge >= 0.3 is 0 Å². The Morgan fingerprint density at radius 3 is 1.38 bits per heavy atom. The Bertz CT molecular complexity index is 768. The first kappa shape index (κ1) is 19.2. The van der Waals surface area contributed by atoms with Crippen LogP contribution in [0.3, 0.4) is 0 Å². The standard InChI is InChI=1S/C18H22N4O4/c1-13-11-15(5-7-17(13)21(23)24)19(3)9-10-20(4)16-6-8-18(22(25)26)14(2)12-16/h5-8,11-12H,9-10H2,1-4H3. The molecule has 0 heterocycles. The molecule has 0 amide bonds. The second-order valence-electron chi connectivity index (χ2n) is 6.30. The number of likely N-dealkylation sites (N-methyl/N-ethyl adjacent to an activating group) is 2. The van der Waals surface area contributed by atoms with E-state index < -0.39 is 0 Å². The Hall–Kier alpha value is -3.16. The van der Waals surface area contributed by atoms with Crippen LogP contribution in [-0.2, 0) is 0 Å². The molecular weight excluding hydrogens is 336 g/mol. The smallest absolute Gasteiger partial charge is 0.272 e. The minimum atomic E-state index is -0.385. The molecule has 0 spiro atoms. The van der Waals surface area contributed by atoms with E-state index in [1.54, 1.807) is 38.1 Å². The SMILES string of the molecule is Cc1cc(N(C)CCN(C)c2ccc([N+](=O)[O-])c(C)c2)ccc1[N+](=O)[O-]. The van der Waals surface area contributed by atoms with Gasteiger partial charge in [-0.3, -0.25) is 20.2 Å². The quantitative estimate of drug-likeness (QED) is 0.553. The molecule has 0 bridgehead atoms. The normalized spacial score (nSPS) is 10.5. The average Bonchev–Trinajstić information content (AvgIpc) is 2.58. The maximum Gasteiger partial charge on any atom is 0.272 e. The lowest BCUT2D eigenvalue weighted by atomic mass is 10.1. The van der Waals surface area contributed by atoms with Gasteiger partial charge in [-0.25, -0.2) is 0 Å². The van der Waals surface area contributed by atoms with Crippen molar-refractivity contribution in [1.82, 2.24) is 0 Å². The zero-order chi connectivity index (χ0) is 19.4. The Balaban J connectivity index is 2.03. The summed E-state index contributed by atoms with van der Waals surface area (Å²) in [5.41, 5.74) is 3.28. The van der Waals surface area contributed by atoms with Crippen molar-refractivity contribution in [3.63, 3.8) is 0 Å². The Labute approximate surface area is 152 Å². The second kappa shape index (κ2) is 7.81. The van der Waals surface area contributed by atoms with Crippen LogP contribution >= 0.6 is 0 Å². The first-order chi connectivity index (χ1) is 12.2. The van der Waals surface area contributed by atoms with Gasteiger partial charge in [0.1, 0.15) is 0 Å². The number of aryl methyl sites for hydroxylation is 2. The van der Waals surface area contributed by atoms with E-state index in [4.69, 9.17) is 0 Å². The molecule has 0 radical (unpaired) electrons. The number of nitro groups is 2. The van der Waals surface area contributed by atoms with Crippen molar-refractivity contribution in [2.75, 3.05) is 37.0 Å². The molecule has 2 aromatic rings. The van der Waals surface area contributed by atoms with Crippen molar-refractivity contribution in [3.8, 4) is 0 Å². The predicted molar refractivity (Wildman–Crippen MR) is 102 cm³/mol. The first-order valence-corrected chi connectivity index (χ1v) is 8.13. The van der Waals surface area contributed by atoms with E-state index in [9.17, 15) is 20.2 Å². The van der Waals surface area contributed by atoms with Crippen molar-refractivity contribution < 1.29 is 9.85 Å². The molecule has 2 aromatic carbocycles. The molecule has 0 fully saturated rings. The monoisotopic (exact) mass is 358 g/mol. The van der Waals surface area contributed by atoms with Gasteiger partial charge < -0.3 is 9.80 Å². The highest BCUT2D eigenvalue weighted by Crippen LogP contribution is 2.25. The molecule has 0 saturated heterocycles. The lowest BCUT2D eigenvalue weighted by Gasteiger charge is -2.25. The minimum Gasteiger partial charge on any atom is -0.373 e. The van der Waals surface area contributed by atoms with Crippen LogP contribution in [0.1, 0.15) is 11.1 Å². The van der Waals surface area contributed by atoms with Crippen molar-refractivity contribution in [1.29, 1.82) is 0 Å². The van der Waals surface area contributed by atoms with Crippen molar-refractivity contribution >= 4 is 22.7 Å². The van der Waals surface area contributed by atoms with Gasteiger partial charge in [-0.05, 0) is 38.1 Å². The highest BCUT2D eigenvalue weighted by Gasteiger charge is 2.14. The van der Waals surface area contributed by atoms with Gasteiger partial charge in [0.05, 0.1) is 9.85 Å². The Morgan fingerprint density at radius 2 is 1.12 bits per heavy atom. The molecule has 2 rings (SSSR count). The first-order valence-electron chi connectivity index (χ1n) is 8.13. The van der Waals surface area contributed by atoms with Crippen LogP contribution in [0.15, 0.2) is 36.4 Å². The molecular formula is C18H22N4O4. The molecule has 0 unspecified atom stereocenters. The lowest BCUT2D eigenvalue weighted by Crippen LogP contribution is -2.30. The van der Waals surface area contributed by atoms with Crippen molar-refractivity contribution in [2.24, 2.45) is 0 Å². The number of anilines is 2. The van der Waals surface area contributed by atoms with Gasteiger partial charge in [0.25, 0.3) is 11.4 Å². The maximum atomic E-state index is 10.9.